The Morgan fingerprint density at radius 2 is 1.84 bits per heavy atom. The monoisotopic (exact) mass is 656 g/mol. The van der Waals surface area contributed by atoms with Gasteiger partial charge in [-0.3, -0.25) is 19.1 Å². The van der Waals surface area contributed by atoms with E-state index in [1.54, 1.807) is 9.80 Å². The predicted molar refractivity (Wildman–Crippen MR) is 153 cm³/mol. The van der Waals surface area contributed by atoms with Crippen molar-refractivity contribution in [3.05, 3.63) is 52.7 Å². The number of aromatic nitrogens is 4. The lowest BCUT2D eigenvalue weighted by atomic mass is 10.0. The molecule has 1 aromatic carbocycles. The van der Waals surface area contributed by atoms with Gasteiger partial charge in [-0.25, -0.2) is 13.8 Å². The second-order valence-corrected chi connectivity index (χ2v) is 11.3. The van der Waals surface area contributed by atoms with Crippen LogP contribution >= 0.6 is 11.6 Å². The first-order chi connectivity index (χ1) is 21.3. The molecule has 0 radical (unpaired) electrons. The maximum absolute atomic E-state index is 13.6. The lowest BCUT2D eigenvalue weighted by molar-refractivity contribution is -0.141. The van der Waals surface area contributed by atoms with Crippen LogP contribution in [-0.4, -0.2) is 92.5 Å². The largest absolute Gasteiger partial charge is 0.435 e. The lowest BCUT2D eigenvalue weighted by Crippen LogP contribution is -2.51. The van der Waals surface area contributed by atoms with Crippen molar-refractivity contribution in [2.45, 2.75) is 32.0 Å². The Bertz CT molecular complexity index is 1580. The lowest BCUT2D eigenvalue weighted by Gasteiger charge is -2.35. The van der Waals surface area contributed by atoms with Crippen molar-refractivity contribution >= 4 is 35.0 Å². The molecule has 0 bridgehead atoms. The van der Waals surface area contributed by atoms with Crippen molar-refractivity contribution in [3.8, 4) is 11.3 Å². The summed E-state index contributed by atoms with van der Waals surface area (Å²) in [6.45, 7) is 2.24. The van der Waals surface area contributed by atoms with Crippen LogP contribution in [0.3, 0.4) is 0 Å². The van der Waals surface area contributed by atoms with Gasteiger partial charge in [0.2, 0.25) is 5.91 Å². The van der Waals surface area contributed by atoms with E-state index in [-0.39, 0.29) is 39.6 Å². The van der Waals surface area contributed by atoms with Crippen molar-refractivity contribution in [2.24, 2.45) is 13.0 Å². The van der Waals surface area contributed by atoms with Crippen LogP contribution in [0.4, 0.5) is 27.6 Å². The zero-order chi connectivity index (χ0) is 32.5. The summed E-state index contributed by atoms with van der Waals surface area (Å²) >= 11 is 6.40. The molecule has 1 atom stereocenters. The van der Waals surface area contributed by atoms with Crippen LogP contribution in [0.1, 0.15) is 39.5 Å². The average molecular weight is 657 g/mol. The average Bonchev–Trinajstić information content (AvgIpc) is 3.72. The minimum Gasteiger partial charge on any atom is -0.339 e. The van der Waals surface area contributed by atoms with Crippen LogP contribution < -0.4 is 10.6 Å². The summed E-state index contributed by atoms with van der Waals surface area (Å²) in [6, 6.07) is 4.26. The Morgan fingerprint density at radius 1 is 1.13 bits per heavy atom. The Balaban J connectivity index is 1.23. The molecule has 2 saturated heterocycles. The molecule has 11 nitrogen and oxygen atoms in total. The molecule has 17 heteroatoms. The third-order valence-corrected chi connectivity index (χ3v) is 8.14. The quantitative estimate of drug-likeness (QED) is 0.357. The van der Waals surface area contributed by atoms with Crippen LogP contribution in [-0.2, 0) is 24.6 Å². The highest BCUT2D eigenvalue weighted by Crippen LogP contribution is 2.36. The fourth-order valence-corrected chi connectivity index (χ4v) is 5.73. The van der Waals surface area contributed by atoms with Crippen molar-refractivity contribution in [1.29, 1.82) is 0 Å². The molecule has 3 aromatic rings. The van der Waals surface area contributed by atoms with Gasteiger partial charge in [0.1, 0.15) is 6.54 Å². The zero-order valence-corrected chi connectivity index (χ0v) is 24.8. The van der Waals surface area contributed by atoms with Gasteiger partial charge in [-0.15, -0.1) is 0 Å². The molecule has 2 N–H and O–H groups in total. The summed E-state index contributed by atoms with van der Waals surface area (Å²) in [5.74, 6) is -0.973. The van der Waals surface area contributed by atoms with Gasteiger partial charge in [0, 0.05) is 51.5 Å². The van der Waals surface area contributed by atoms with E-state index in [0.717, 1.165) is 36.5 Å². The number of carbonyl (C=O) groups excluding carboxylic acids is 3. The number of hydrogen-bond donors (Lipinski definition) is 2. The summed E-state index contributed by atoms with van der Waals surface area (Å²) in [5, 5.41) is 9.13. The standard InChI is InChI=1S/C28H30ClF5N8O3/c1-39-21(19-14-42(15-22(30)31)38-24(19)28(32,33)34)13-36-25(39)26(44)37-17-2-3-18(20(29)11-17)27(45)41-8-6-40(7-9-41)23(43)10-16-4-5-35-12-16/h2-3,11,13-14,16,22,35H,4-10,12,15H2,1H3,(H,37,44)/t16-/m1/s1. The highest BCUT2D eigenvalue weighted by molar-refractivity contribution is 6.34. The molecule has 0 aliphatic carbocycles. The first kappa shape index (κ1) is 32.3. The molecule has 5 rings (SSSR count). The summed E-state index contributed by atoms with van der Waals surface area (Å²) in [7, 11) is 1.30. The molecular weight excluding hydrogens is 627 g/mol. The topological polar surface area (TPSA) is 117 Å². The SMILES string of the molecule is Cn1c(-c2cn(CC(F)F)nc2C(F)(F)F)cnc1C(=O)Nc1ccc(C(=O)N2CCN(C(=O)C[C@H]3CCNC3)CC2)c(Cl)c1. The molecule has 2 fully saturated rings. The number of carbonyl (C=O) groups is 3. The van der Waals surface area contributed by atoms with E-state index in [1.165, 1.54) is 25.2 Å². The van der Waals surface area contributed by atoms with Gasteiger partial charge in [-0.1, -0.05) is 11.6 Å². The molecule has 2 aromatic heterocycles. The molecule has 0 saturated carbocycles. The Morgan fingerprint density at radius 3 is 2.47 bits per heavy atom. The molecule has 2 aliphatic heterocycles. The highest BCUT2D eigenvalue weighted by Gasteiger charge is 2.39. The number of benzene rings is 1. The number of piperazine rings is 1. The van der Waals surface area contributed by atoms with E-state index < -0.39 is 36.3 Å². The van der Waals surface area contributed by atoms with Crippen molar-refractivity contribution in [2.75, 3.05) is 44.6 Å². The second kappa shape index (κ2) is 13.1. The zero-order valence-electron chi connectivity index (χ0n) is 24.1. The van der Waals surface area contributed by atoms with Crippen LogP contribution in [0.15, 0.2) is 30.6 Å². The number of nitrogens with zero attached hydrogens (tertiary/aromatic N) is 6. The third-order valence-electron chi connectivity index (χ3n) is 7.83. The Kier molecular flexibility index (Phi) is 9.44. The van der Waals surface area contributed by atoms with Crippen molar-refractivity contribution in [1.82, 2.24) is 34.4 Å². The predicted octanol–water partition coefficient (Wildman–Crippen LogP) is 3.76. The van der Waals surface area contributed by atoms with Gasteiger partial charge in [0.15, 0.2) is 11.5 Å². The Labute approximate surface area is 259 Å². The summed E-state index contributed by atoms with van der Waals surface area (Å²) in [5.41, 5.74) is -1.67. The molecule has 242 valence electrons. The number of nitrogens with one attached hydrogen (secondary N) is 2. The molecule has 2 aliphatic rings. The van der Waals surface area contributed by atoms with E-state index in [1.807, 2.05) is 0 Å². The molecule has 3 amide bonds. The maximum Gasteiger partial charge on any atom is 0.435 e. The number of alkyl halides is 5. The smallest absolute Gasteiger partial charge is 0.339 e. The van der Waals surface area contributed by atoms with E-state index in [9.17, 15) is 36.3 Å². The van der Waals surface area contributed by atoms with Crippen molar-refractivity contribution < 1.29 is 36.3 Å². The van der Waals surface area contributed by atoms with Crippen molar-refractivity contribution in [3.63, 3.8) is 0 Å². The van der Waals surface area contributed by atoms with Gasteiger partial charge in [-0.05, 0) is 43.6 Å². The minimum atomic E-state index is -4.94. The van der Waals surface area contributed by atoms with E-state index in [0.29, 0.717) is 43.2 Å². The normalized spacial score (nSPS) is 17.3. The first-order valence-corrected chi connectivity index (χ1v) is 14.5. The van der Waals surface area contributed by atoms with Gasteiger partial charge in [-0.2, -0.15) is 18.3 Å². The van der Waals surface area contributed by atoms with Crippen LogP contribution in [0.5, 0.6) is 0 Å². The fourth-order valence-electron chi connectivity index (χ4n) is 5.47. The molecule has 4 heterocycles. The van der Waals surface area contributed by atoms with Gasteiger partial charge >= 0.3 is 6.18 Å². The van der Waals surface area contributed by atoms with E-state index >= 15 is 0 Å². The summed E-state index contributed by atoms with van der Waals surface area (Å²) in [4.78, 5) is 46.1. The highest BCUT2D eigenvalue weighted by atomic mass is 35.5. The fraction of sp³-hybridized carbons (Fsp3) is 0.464. The van der Waals surface area contributed by atoms with Crippen LogP contribution in [0.25, 0.3) is 11.3 Å². The minimum absolute atomic E-state index is 0.0619. The number of amides is 3. The molecule has 45 heavy (non-hydrogen) atoms. The van der Waals surface area contributed by atoms with E-state index in [2.05, 4.69) is 20.7 Å². The van der Waals surface area contributed by atoms with Crippen LogP contribution in [0, 0.1) is 5.92 Å². The number of anilines is 1. The number of hydrogen-bond acceptors (Lipinski definition) is 6. The number of halogens is 6. The van der Waals surface area contributed by atoms with E-state index in [4.69, 9.17) is 11.6 Å². The summed E-state index contributed by atoms with van der Waals surface area (Å²) in [6.07, 6.45) is -4.56. The maximum atomic E-state index is 13.6. The van der Waals surface area contributed by atoms with Crippen LogP contribution in [0.2, 0.25) is 5.02 Å². The first-order valence-electron chi connectivity index (χ1n) is 14.2. The number of rotatable bonds is 8. The molecular formula is C28H30ClF5N8O3. The molecule has 0 spiro atoms. The summed E-state index contributed by atoms with van der Waals surface area (Å²) < 4.78 is 68.0. The number of imidazole rings is 1. The van der Waals surface area contributed by atoms with Gasteiger partial charge in [0.05, 0.1) is 28.0 Å². The third kappa shape index (κ3) is 7.27. The molecule has 0 unspecified atom stereocenters. The second-order valence-electron chi connectivity index (χ2n) is 10.9. The van der Waals surface area contributed by atoms with Gasteiger partial charge in [0.25, 0.3) is 18.2 Å². The van der Waals surface area contributed by atoms with Gasteiger partial charge < -0.3 is 25.0 Å². The Hall–Kier alpha value is -4.05.